The van der Waals surface area contributed by atoms with E-state index in [0.29, 0.717) is 6.42 Å². The number of aryl methyl sites for hydroxylation is 1. The Labute approximate surface area is 225 Å². The number of hydrogen-bond acceptors (Lipinski definition) is 4. The van der Waals surface area contributed by atoms with Crippen LogP contribution in [0.5, 0.6) is 0 Å². The molecule has 6 heteroatoms. The van der Waals surface area contributed by atoms with Crippen molar-refractivity contribution < 1.29 is 17.4 Å². The zero-order chi connectivity index (χ0) is 26.3. The van der Waals surface area contributed by atoms with Crippen LogP contribution in [0.1, 0.15) is 115 Å². The van der Waals surface area contributed by atoms with Crippen molar-refractivity contribution in [2.24, 2.45) is 23.2 Å². The lowest BCUT2D eigenvalue weighted by atomic mass is 9.49. The first-order valence-corrected chi connectivity index (χ1v) is 16.4. The van der Waals surface area contributed by atoms with Crippen molar-refractivity contribution in [3.8, 4) is 0 Å². The van der Waals surface area contributed by atoms with E-state index in [-0.39, 0.29) is 28.9 Å². The minimum atomic E-state index is -3.85. The third-order valence-electron chi connectivity index (χ3n) is 9.21. The molecule has 4 aliphatic carbocycles. The lowest BCUT2D eigenvalue weighted by Gasteiger charge is -2.56. The molecule has 1 unspecified atom stereocenters. The molecule has 0 aliphatic heterocycles. The first-order chi connectivity index (χ1) is 17.8. The van der Waals surface area contributed by atoms with Gasteiger partial charge in [-0.1, -0.05) is 76.0 Å². The van der Waals surface area contributed by atoms with Gasteiger partial charge in [0.05, 0.1) is 17.5 Å². The van der Waals surface area contributed by atoms with E-state index in [1.165, 1.54) is 77.0 Å². The fourth-order valence-corrected chi connectivity index (χ4v) is 8.74. The maximum absolute atomic E-state index is 13.3. The van der Waals surface area contributed by atoms with Crippen LogP contribution in [0.2, 0.25) is 0 Å². The lowest BCUT2D eigenvalue weighted by molar-refractivity contribution is -0.130. The number of amides is 1. The molecular weight excluding hydrogens is 482 g/mol. The van der Waals surface area contributed by atoms with Gasteiger partial charge in [-0.15, -0.1) is 0 Å². The number of carbonyl (C=O) groups excluding carboxylic acids is 1. The van der Waals surface area contributed by atoms with Crippen LogP contribution in [0.4, 0.5) is 0 Å². The highest BCUT2D eigenvalue weighted by atomic mass is 32.2. The quantitative estimate of drug-likeness (QED) is 0.179. The van der Waals surface area contributed by atoms with E-state index >= 15 is 0 Å². The van der Waals surface area contributed by atoms with E-state index in [9.17, 15) is 13.2 Å². The van der Waals surface area contributed by atoms with Crippen molar-refractivity contribution >= 4 is 16.0 Å². The monoisotopic (exact) mass is 531 g/mol. The Morgan fingerprint density at radius 2 is 1.46 bits per heavy atom. The van der Waals surface area contributed by atoms with Gasteiger partial charge in [-0.2, -0.15) is 8.42 Å². The van der Waals surface area contributed by atoms with Crippen LogP contribution in [0, 0.1) is 30.1 Å². The molecule has 0 spiro atoms. The highest BCUT2D eigenvalue weighted by Gasteiger charge is 2.51. The molecule has 208 valence electrons. The van der Waals surface area contributed by atoms with Crippen molar-refractivity contribution in [3.05, 3.63) is 29.8 Å². The number of carbonyl (C=O) groups is 1. The van der Waals surface area contributed by atoms with E-state index < -0.39 is 10.1 Å². The topological polar surface area (TPSA) is 72.5 Å². The van der Waals surface area contributed by atoms with Gasteiger partial charge in [0.15, 0.2) is 0 Å². The summed E-state index contributed by atoms with van der Waals surface area (Å²) in [7, 11) is -3.85. The average molecular weight is 532 g/mol. The minimum Gasteiger partial charge on any atom is -0.351 e. The van der Waals surface area contributed by atoms with Crippen LogP contribution in [0.3, 0.4) is 0 Å². The molecule has 0 aromatic heterocycles. The summed E-state index contributed by atoms with van der Waals surface area (Å²) in [5.74, 6) is 2.53. The van der Waals surface area contributed by atoms with E-state index in [2.05, 4.69) is 12.2 Å². The van der Waals surface area contributed by atoms with Crippen molar-refractivity contribution in [3.63, 3.8) is 0 Å². The summed E-state index contributed by atoms with van der Waals surface area (Å²) in [6.45, 7) is 4.16. The molecule has 37 heavy (non-hydrogen) atoms. The van der Waals surface area contributed by atoms with Gasteiger partial charge in [0, 0.05) is 6.42 Å². The van der Waals surface area contributed by atoms with Gasteiger partial charge in [-0.05, 0) is 87.2 Å². The third kappa shape index (κ3) is 8.29. The Bertz CT molecular complexity index is 936. The molecule has 0 saturated heterocycles. The van der Waals surface area contributed by atoms with Crippen LogP contribution in [-0.2, 0) is 19.1 Å². The fourth-order valence-electron chi connectivity index (χ4n) is 7.79. The SMILES string of the molecule is CCCCCCCCCCC(COS(=O)(=O)c1ccc(C)cc1)NC(=O)CC12CC3CC(CC(C3)C1)C2. The standard InChI is InChI=1S/C31H49NO4S/c1-3-4-5-6-7-8-9-10-11-28(23-36-37(34,35)29-14-12-24(2)13-15-29)32-30(33)22-31-19-25-16-26(20-31)18-27(17-25)21-31/h12-15,25-28H,3-11,16-23H2,1-2H3,(H,32,33). The maximum Gasteiger partial charge on any atom is 0.297 e. The average Bonchev–Trinajstić information content (AvgIpc) is 2.83. The van der Waals surface area contributed by atoms with E-state index in [1.807, 2.05) is 6.92 Å². The lowest BCUT2D eigenvalue weighted by Crippen LogP contribution is -2.49. The van der Waals surface area contributed by atoms with E-state index in [1.54, 1.807) is 24.3 Å². The first kappa shape index (κ1) is 28.6. The molecule has 1 amide bonds. The van der Waals surface area contributed by atoms with Crippen molar-refractivity contribution in [2.45, 2.75) is 128 Å². The normalized spacial score (nSPS) is 27.4. The Hall–Kier alpha value is -1.40. The third-order valence-corrected chi connectivity index (χ3v) is 10.5. The molecule has 5 rings (SSSR count). The largest absolute Gasteiger partial charge is 0.351 e. The zero-order valence-electron chi connectivity index (χ0n) is 23.2. The van der Waals surface area contributed by atoms with Gasteiger partial charge < -0.3 is 5.32 Å². The summed E-state index contributed by atoms with van der Waals surface area (Å²) in [6.07, 6.45) is 18.8. The van der Waals surface area contributed by atoms with Gasteiger partial charge in [-0.25, -0.2) is 0 Å². The van der Waals surface area contributed by atoms with Crippen LogP contribution < -0.4 is 5.32 Å². The molecule has 1 atom stereocenters. The summed E-state index contributed by atoms with van der Waals surface area (Å²) in [4.78, 5) is 13.5. The minimum absolute atomic E-state index is 0.000670. The van der Waals surface area contributed by atoms with Crippen molar-refractivity contribution in [1.29, 1.82) is 0 Å². The van der Waals surface area contributed by atoms with Gasteiger partial charge >= 0.3 is 0 Å². The molecule has 4 aliphatic rings. The summed E-state index contributed by atoms with van der Waals surface area (Å²) < 4.78 is 31.1. The van der Waals surface area contributed by atoms with Crippen LogP contribution >= 0.6 is 0 Å². The second-order valence-electron chi connectivity index (χ2n) is 12.7. The Morgan fingerprint density at radius 3 is 2.03 bits per heavy atom. The van der Waals surface area contributed by atoms with Crippen LogP contribution in [0.25, 0.3) is 0 Å². The van der Waals surface area contributed by atoms with Gasteiger partial charge in [0.1, 0.15) is 0 Å². The molecule has 1 aromatic carbocycles. The summed E-state index contributed by atoms with van der Waals surface area (Å²) in [5, 5.41) is 3.22. The summed E-state index contributed by atoms with van der Waals surface area (Å²) in [5.41, 5.74) is 1.18. The van der Waals surface area contributed by atoms with Gasteiger partial charge in [0.25, 0.3) is 10.1 Å². The zero-order valence-corrected chi connectivity index (χ0v) is 24.0. The molecule has 1 N–H and O–H groups in total. The molecule has 4 bridgehead atoms. The molecule has 0 radical (unpaired) electrons. The molecule has 4 saturated carbocycles. The molecule has 4 fully saturated rings. The van der Waals surface area contributed by atoms with Gasteiger partial charge in [0.2, 0.25) is 5.91 Å². The summed E-state index contributed by atoms with van der Waals surface area (Å²) in [6, 6.07) is 6.46. The molecule has 1 aromatic rings. The Morgan fingerprint density at radius 1 is 0.919 bits per heavy atom. The smallest absolute Gasteiger partial charge is 0.297 e. The highest BCUT2D eigenvalue weighted by molar-refractivity contribution is 7.86. The number of hydrogen-bond donors (Lipinski definition) is 1. The van der Waals surface area contributed by atoms with Crippen molar-refractivity contribution in [2.75, 3.05) is 6.61 Å². The van der Waals surface area contributed by atoms with Crippen LogP contribution in [0.15, 0.2) is 29.2 Å². The second-order valence-corrected chi connectivity index (χ2v) is 14.3. The number of benzene rings is 1. The van der Waals surface area contributed by atoms with E-state index in [4.69, 9.17) is 4.18 Å². The maximum atomic E-state index is 13.3. The second kappa shape index (κ2) is 13.1. The fraction of sp³-hybridized carbons (Fsp3) is 0.774. The Kier molecular flexibility index (Phi) is 10.1. The predicted octanol–water partition coefficient (Wildman–Crippen LogP) is 7.32. The number of nitrogens with one attached hydrogen (secondary N) is 1. The van der Waals surface area contributed by atoms with Crippen molar-refractivity contribution in [1.82, 2.24) is 5.32 Å². The van der Waals surface area contributed by atoms with Crippen LogP contribution in [-0.4, -0.2) is 27.0 Å². The molecular formula is C31H49NO4S. The number of unbranched alkanes of at least 4 members (excludes halogenated alkanes) is 7. The molecule has 0 heterocycles. The summed E-state index contributed by atoms with van der Waals surface area (Å²) >= 11 is 0. The van der Waals surface area contributed by atoms with Gasteiger partial charge in [-0.3, -0.25) is 8.98 Å². The van der Waals surface area contributed by atoms with E-state index in [0.717, 1.165) is 42.6 Å². The molecule has 5 nitrogen and oxygen atoms in total. The highest BCUT2D eigenvalue weighted by Crippen LogP contribution is 2.61. The first-order valence-electron chi connectivity index (χ1n) is 15.0. The predicted molar refractivity (Wildman–Crippen MR) is 149 cm³/mol. The Balaban J connectivity index is 1.30. The number of rotatable bonds is 16.